The lowest BCUT2D eigenvalue weighted by molar-refractivity contribution is 0.174. The quantitative estimate of drug-likeness (QED) is 0.878. The Morgan fingerprint density at radius 1 is 1.47 bits per heavy atom. The van der Waals surface area contributed by atoms with Gasteiger partial charge in [0.15, 0.2) is 0 Å². The van der Waals surface area contributed by atoms with Gasteiger partial charge < -0.3 is 5.11 Å². The first-order valence-corrected chi connectivity index (χ1v) is 5.35. The monoisotopic (exact) mass is 235 g/mol. The second-order valence-corrected chi connectivity index (χ2v) is 4.03. The maximum Gasteiger partial charge on any atom is 0.138 e. The maximum atomic E-state index is 13.4. The van der Waals surface area contributed by atoms with Crippen molar-refractivity contribution in [3.05, 3.63) is 47.3 Å². The number of aliphatic hydroxyl groups is 1. The van der Waals surface area contributed by atoms with Crippen molar-refractivity contribution in [1.82, 2.24) is 14.8 Å². The van der Waals surface area contributed by atoms with Crippen molar-refractivity contribution in [2.75, 3.05) is 0 Å². The molecule has 0 bridgehead atoms. The molecule has 1 heterocycles. The Labute approximate surface area is 98.7 Å². The Morgan fingerprint density at radius 2 is 2.24 bits per heavy atom. The summed E-state index contributed by atoms with van der Waals surface area (Å²) in [6.07, 6.45) is 0.976. The van der Waals surface area contributed by atoms with Crippen LogP contribution in [0.3, 0.4) is 0 Å². The number of nitrogens with zero attached hydrogens (tertiary/aromatic N) is 3. The van der Waals surface area contributed by atoms with Crippen LogP contribution in [0.15, 0.2) is 24.5 Å². The van der Waals surface area contributed by atoms with E-state index in [1.165, 1.54) is 12.4 Å². The van der Waals surface area contributed by atoms with Crippen LogP contribution in [0.5, 0.6) is 0 Å². The molecule has 1 aromatic heterocycles. The van der Waals surface area contributed by atoms with Gasteiger partial charge in [-0.05, 0) is 24.1 Å². The van der Waals surface area contributed by atoms with E-state index in [9.17, 15) is 9.50 Å². The van der Waals surface area contributed by atoms with Gasteiger partial charge in [-0.15, -0.1) is 0 Å². The van der Waals surface area contributed by atoms with E-state index >= 15 is 0 Å². The van der Waals surface area contributed by atoms with Crippen LogP contribution in [-0.4, -0.2) is 19.9 Å². The summed E-state index contributed by atoms with van der Waals surface area (Å²) in [5.41, 5.74) is 1.12. The molecule has 4 nitrogen and oxygen atoms in total. The molecule has 0 spiro atoms. The first-order valence-electron chi connectivity index (χ1n) is 5.35. The lowest BCUT2D eigenvalue weighted by atomic mass is 10.0. The number of benzene rings is 1. The van der Waals surface area contributed by atoms with Crippen LogP contribution in [0.2, 0.25) is 0 Å². The highest BCUT2D eigenvalue weighted by Gasteiger charge is 2.13. The van der Waals surface area contributed by atoms with E-state index in [2.05, 4.69) is 10.1 Å². The molecule has 5 heteroatoms. The van der Waals surface area contributed by atoms with Gasteiger partial charge in [0, 0.05) is 13.5 Å². The zero-order chi connectivity index (χ0) is 12.4. The predicted octanol–water partition coefficient (Wildman–Crippen LogP) is 1.54. The van der Waals surface area contributed by atoms with Gasteiger partial charge in [0.2, 0.25) is 0 Å². The Balaban J connectivity index is 2.17. The third kappa shape index (κ3) is 2.50. The summed E-state index contributed by atoms with van der Waals surface area (Å²) >= 11 is 0. The number of aryl methyl sites for hydroxylation is 2. The first kappa shape index (κ1) is 11.7. The van der Waals surface area contributed by atoms with E-state index in [1.807, 2.05) is 0 Å². The van der Waals surface area contributed by atoms with Crippen LogP contribution >= 0.6 is 0 Å². The van der Waals surface area contributed by atoms with Crippen LogP contribution < -0.4 is 0 Å². The summed E-state index contributed by atoms with van der Waals surface area (Å²) in [6, 6.07) is 4.74. The minimum Gasteiger partial charge on any atom is -0.388 e. The Morgan fingerprint density at radius 3 is 2.82 bits per heavy atom. The molecular weight excluding hydrogens is 221 g/mol. The van der Waals surface area contributed by atoms with Crippen molar-refractivity contribution in [2.45, 2.75) is 19.4 Å². The van der Waals surface area contributed by atoms with Gasteiger partial charge in [-0.25, -0.2) is 9.37 Å². The molecule has 0 aliphatic carbocycles. The number of hydrogen-bond donors (Lipinski definition) is 1. The predicted molar refractivity (Wildman–Crippen MR) is 60.8 cm³/mol. The summed E-state index contributed by atoms with van der Waals surface area (Å²) in [5, 5.41) is 13.9. The van der Waals surface area contributed by atoms with E-state index in [1.54, 1.807) is 30.8 Å². The van der Waals surface area contributed by atoms with E-state index < -0.39 is 6.10 Å². The van der Waals surface area contributed by atoms with E-state index in [-0.39, 0.29) is 5.82 Å². The van der Waals surface area contributed by atoms with Crippen molar-refractivity contribution in [1.29, 1.82) is 0 Å². The molecular formula is C12H14FN3O. The van der Waals surface area contributed by atoms with Gasteiger partial charge in [0.05, 0.1) is 6.10 Å². The lowest BCUT2D eigenvalue weighted by Gasteiger charge is -2.11. The third-order valence-electron chi connectivity index (χ3n) is 2.76. The van der Waals surface area contributed by atoms with Gasteiger partial charge in [0.25, 0.3) is 0 Å². The fourth-order valence-corrected chi connectivity index (χ4v) is 1.61. The molecule has 2 aromatic rings. The highest BCUT2D eigenvalue weighted by atomic mass is 19.1. The van der Waals surface area contributed by atoms with E-state index in [4.69, 9.17) is 0 Å². The summed E-state index contributed by atoms with van der Waals surface area (Å²) in [7, 11) is 1.75. The smallest absolute Gasteiger partial charge is 0.138 e. The minimum absolute atomic E-state index is 0.306. The highest BCUT2D eigenvalue weighted by molar-refractivity contribution is 5.25. The van der Waals surface area contributed by atoms with Gasteiger partial charge in [0.1, 0.15) is 18.0 Å². The second-order valence-electron chi connectivity index (χ2n) is 4.03. The van der Waals surface area contributed by atoms with Crippen LogP contribution in [-0.2, 0) is 13.5 Å². The normalized spacial score (nSPS) is 12.7. The highest BCUT2D eigenvalue weighted by Crippen LogP contribution is 2.19. The molecule has 0 amide bonds. The van der Waals surface area contributed by atoms with Crippen LogP contribution in [0.1, 0.15) is 23.1 Å². The number of aliphatic hydroxyl groups excluding tert-OH is 1. The molecule has 0 saturated carbocycles. The molecule has 0 radical (unpaired) electrons. The van der Waals surface area contributed by atoms with Gasteiger partial charge in [-0.1, -0.05) is 12.1 Å². The molecule has 1 aromatic carbocycles. The van der Waals surface area contributed by atoms with Crippen molar-refractivity contribution in [2.24, 2.45) is 7.05 Å². The summed E-state index contributed by atoms with van der Waals surface area (Å²) < 4.78 is 14.9. The van der Waals surface area contributed by atoms with E-state index in [0.717, 1.165) is 0 Å². The zero-order valence-corrected chi connectivity index (χ0v) is 9.76. The minimum atomic E-state index is -0.770. The number of rotatable bonds is 3. The fourth-order valence-electron chi connectivity index (χ4n) is 1.61. The molecule has 1 atom stereocenters. The topological polar surface area (TPSA) is 50.9 Å². The van der Waals surface area contributed by atoms with Crippen LogP contribution in [0.4, 0.5) is 4.39 Å². The first-order chi connectivity index (χ1) is 8.08. The fraction of sp³-hybridized carbons (Fsp3) is 0.333. The van der Waals surface area contributed by atoms with Gasteiger partial charge >= 0.3 is 0 Å². The molecule has 0 fully saturated rings. The molecule has 0 saturated heterocycles. The molecule has 90 valence electrons. The number of halogens is 1. The Kier molecular flexibility index (Phi) is 3.19. The molecule has 0 aliphatic heterocycles. The summed E-state index contributed by atoms with van der Waals surface area (Å²) in [4.78, 5) is 4.02. The van der Waals surface area contributed by atoms with Crippen molar-refractivity contribution in [3.8, 4) is 0 Å². The SMILES string of the molecule is Cc1ccc(C(O)Cc2ncnn2C)cc1F. The van der Waals surface area contributed by atoms with Crippen LogP contribution in [0, 0.1) is 12.7 Å². The maximum absolute atomic E-state index is 13.4. The average Bonchev–Trinajstić information content (AvgIpc) is 2.68. The molecule has 0 aliphatic rings. The van der Waals surface area contributed by atoms with Crippen LogP contribution in [0.25, 0.3) is 0 Å². The Bertz CT molecular complexity index is 524. The Hall–Kier alpha value is -1.75. The van der Waals surface area contributed by atoms with Gasteiger partial charge in [-0.2, -0.15) is 5.10 Å². The van der Waals surface area contributed by atoms with Gasteiger partial charge in [-0.3, -0.25) is 4.68 Å². The second kappa shape index (κ2) is 4.63. The molecule has 2 rings (SSSR count). The standard InChI is InChI=1S/C12H14FN3O/c1-8-3-4-9(5-10(8)13)11(17)6-12-14-7-15-16(12)2/h3-5,7,11,17H,6H2,1-2H3. The lowest BCUT2D eigenvalue weighted by Crippen LogP contribution is -2.08. The van der Waals surface area contributed by atoms with Crippen molar-refractivity contribution < 1.29 is 9.50 Å². The number of aromatic nitrogens is 3. The largest absolute Gasteiger partial charge is 0.388 e. The average molecular weight is 235 g/mol. The van der Waals surface area contributed by atoms with Crippen molar-refractivity contribution >= 4 is 0 Å². The summed E-state index contributed by atoms with van der Waals surface area (Å²) in [6.45, 7) is 1.69. The summed E-state index contributed by atoms with van der Waals surface area (Å²) in [5.74, 6) is 0.359. The third-order valence-corrected chi connectivity index (χ3v) is 2.76. The number of hydrogen-bond acceptors (Lipinski definition) is 3. The van der Waals surface area contributed by atoms with E-state index in [0.29, 0.717) is 23.4 Å². The molecule has 1 N–H and O–H groups in total. The van der Waals surface area contributed by atoms with Crippen molar-refractivity contribution in [3.63, 3.8) is 0 Å². The zero-order valence-electron chi connectivity index (χ0n) is 9.76. The molecule has 1 unspecified atom stereocenters. The molecule has 17 heavy (non-hydrogen) atoms.